The number of benzene rings is 2. The fourth-order valence-electron chi connectivity index (χ4n) is 1.97. The van der Waals surface area contributed by atoms with Crippen molar-refractivity contribution < 1.29 is 0 Å². The number of nitrogens with zero attached hydrogens (tertiary/aromatic N) is 1. The lowest BCUT2D eigenvalue weighted by Crippen LogP contribution is -1.97. The van der Waals surface area contributed by atoms with Crippen molar-refractivity contribution >= 4 is 11.4 Å². The molecule has 2 heteroatoms. The lowest BCUT2D eigenvalue weighted by molar-refractivity contribution is 1.13. The number of hydrogen-bond acceptors (Lipinski definition) is 2. The molecule has 1 N–H and O–H groups in total. The lowest BCUT2D eigenvalue weighted by Gasteiger charge is -2.14. The Morgan fingerprint density at radius 1 is 1.11 bits per heavy atom. The fourth-order valence-corrected chi connectivity index (χ4v) is 1.97. The summed E-state index contributed by atoms with van der Waals surface area (Å²) >= 11 is 0. The van der Waals surface area contributed by atoms with Gasteiger partial charge in [0, 0.05) is 11.4 Å². The summed E-state index contributed by atoms with van der Waals surface area (Å²) < 4.78 is 0. The van der Waals surface area contributed by atoms with Gasteiger partial charge in [0.1, 0.15) is 0 Å². The van der Waals surface area contributed by atoms with Gasteiger partial charge in [0.2, 0.25) is 0 Å². The molecule has 0 bridgehead atoms. The van der Waals surface area contributed by atoms with Crippen molar-refractivity contribution in [1.82, 2.24) is 0 Å². The molecule has 0 spiro atoms. The smallest absolute Gasteiger partial charge is 0.0991 e. The van der Waals surface area contributed by atoms with Crippen LogP contribution < -0.4 is 5.32 Å². The first-order valence-electron chi connectivity index (χ1n) is 6.10. The quantitative estimate of drug-likeness (QED) is 0.868. The van der Waals surface area contributed by atoms with Gasteiger partial charge in [0.25, 0.3) is 0 Å². The van der Waals surface area contributed by atoms with Crippen molar-refractivity contribution in [3.8, 4) is 6.07 Å². The molecule has 0 heterocycles. The highest BCUT2D eigenvalue weighted by molar-refractivity contribution is 5.67. The van der Waals surface area contributed by atoms with Gasteiger partial charge in [-0.3, -0.25) is 0 Å². The standard InChI is InChI=1S/C16H16N2/c1-3-14-6-4-5-12(2)16(14)18-15-9-7-13(11-17)8-10-15/h4-10,18H,3H2,1-2H3. The number of para-hydroxylation sites is 1. The molecule has 0 unspecified atom stereocenters. The van der Waals surface area contributed by atoms with Crippen molar-refractivity contribution in [2.75, 3.05) is 5.32 Å². The summed E-state index contributed by atoms with van der Waals surface area (Å²) in [5.74, 6) is 0. The first-order valence-corrected chi connectivity index (χ1v) is 6.10. The molecule has 0 radical (unpaired) electrons. The molecule has 0 aliphatic rings. The van der Waals surface area contributed by atoms with E-state index in [1.54, 1.807) is 0 Å². The van der Waals surface area contributed by atoms with E-state index in [0.29, 0.717) is 5.56 Å². The highest BCUT2D eigenvalue weighted by Crippen LogP contribution is 2.25. The largest absolute Gasteiger partial charge is 0.355 e. The van der Waals surface area contributed by atoms with E-state index in [9.17, 15) is 0 Å². The van der Waals surface area contributed by atoms with Crippen molar-refractivity contribution in [2.45, 2.75) is 20.3 Å². The Morgan fingerprint density at radius 2 is 1.83 bits per heavy atom. The summed E-state index contributed by atoms with van der Waals surface area (Å²) in [7, 11) is 0. The minimum Gasteiger partial charge on any atom is -0.355 e. The van der Waals surface area contributed by atoms with Crippen LogP contribution in [0.2, 0.25) is 0 Å². The molecule has 0 aromatic heterocycles. The second-order valence-electron chi connectivity index (χ2n) is 4.28. The summed E-state index contributed by atoms with van der Waals surface area (Å²) in [5.41, 5.74) is 5.40. The van der Waals surface area contributed by atoms with E-state index in [1.807, 2.05) is 24.3 Å². The van der Waals surface area contributed by atoms with Gasteiger partial charge in [-0.1, -0.05) is 25.1 Å². The molecule has 0 saturated heterocycles. The predicted molar refractivity (Wildman–Crippen MR) is 75.0 cm³/mol. The number of rotatable bonds is 3. The van der Waals surface area contributed by atoms with Crippen LogP contribution in [0.25, 0.3) is 0 Å². The number of nitrogens with one attached hydrogen (secondary N) is 1. The number of anilines is 2. The Balaban J connectivity index is 2.31. The summed E-state index contributed by atoms with van der Waals surface area (Å²) in [6, 6.07) is 16.0. The molecule has 0 atom stereocenters. The van der Waals surface area contributed by atoms with Crippen LogP contribution in [0.1, 0.15) is 23.6 Å². The fraction of sp³-hybridized carbons (Fsp3) is 0.188. The highest BCUT2D eigenvalue weighted by Gasteiger charge is 2.04. The Bertz CT molecular complexity index is 577. The number of aryl methyl sites for hydroxylation is 2. The third-order valence-electron chi connectivity index (χ3n) is 3.02. The van der Waals surface area contributed by atoms with E-state index in [1.165, 1.54) is 16.8 Å². The van der Waals surface area contributed by atoms with Gasteiger partial charge >= 0.3 is 0 Å². The van der Waals surface area contributed by atoms with Gasteiger partial charge in [0.15, 0.2) is 0 Å². The molecule has 90 valence electrons. The van der Waals surface area contributed by atoms with Gasteiger partial charge in [0.05, 0.1) is 11.6 Å². The van der Waals surface area contributed by atoms with E-state index >= 15 is 0 Å². The maximum Gasteiger partial charge on any atom is 0.0991 e. The molecule has 0 amide bonds. The maximum atomic E-state index is 8.77. The normalized spacial score (nSPS) is 9.83. The van der Waals surface area contributed by atoms with Crippen molar-refractivity contribution in [1.29, 1.82) is 5.26 Å². The zero-order chi connectivity index (χ0) is 13.0. The van der Waals surface area contributed by atoms with Crippen LogP contribution in [-0.4, -0.2) is 0 Å². The van der Waals surface area contributed by atoms with Crippen LogP contribution in [0.15, 0.2) is 42.5 Å². The molecule has 2 aromatic carbocycles. The monoisotopic (exact) mass is 236 g/mol. The predicted octanol–water partition coefficient (Wildman–Crippen LogP) is 4.17. The lowest BCUT2D eigenvalue weighted by atomic mass is 10.1. The minimum atomic E-state index is 0.682. The van der Waals surface area contributed by atoms with Gasteiger partial charge in [-0.05, 0) is 48.7 Å². The van der Waals surface area contributed by atoms with Gasteiger partial charge < -0.3 is 5.32 Å². The van der Waals surface area contributed by atoms with E-state index in [-0.39, 0.29) is 0 Å². The number of hydrogen-bond donors (Lipinski definition) is 1. The van der Waals surface area contributed by atoms with Crippen molar-refractivity contribution in [3.63, 3.8) is 0 Å². The van der Waals surface area contributed by atoms with Crippen molar-refractivity contribution in [3.05, 3.63) is 59.2 Å². The van der Waals surface area contributed by atoms with Crippen LogP contribution >= 0.6 is 0 Å². The second-order valence-corrected chi connectivity index (χ2v) is 4.28. The molecule has 2 nitrogen and oxygen atoms in total. The summed E-state index contributed by atoms with van der Waals surface area (Å²) in [6.45, 7) is 4.25. The van der Waals surface area contributed by atoms with Crippen molar-refractivity contribution in [2.24, 2.45) is 0 Å². The molecule has 18 heavy (non-hydrogen) atoms. The highest BCUT2D eigenvalue weighted by atomic mass is 14.9. The minimum absolute atomic E-state index is 0.682. The average molecular weight is 236 g/mol. The summed E-state index contributed by atoms with van der Waals surface area (Å²) in [5, 5.41) is 12.2. The van der Waals surface area contributed by atoms with E-state index in [0.717, 1.165) is 12.1 Å². The van der Waals surface area contributed by atoms with Crippen LogP contribution in [0.5, 0.6) is 0 Å². The van der Waals surface area contributed by atoms with Gasteiger partial charge in [-0.25, -0.2) is 0 Å². The Labute approximate surface area is 108 Å². The summed E-state index contributed by atoms with van der Waals surface area (Å²) in [4.78, 5) is 0. The Kier molecular flexibility index (Phi) is 3.64. The summed E-state index contributed by atoms with van der Waals surface area (Å²) in [6.07, 6.45) is 1.00. The maximum absolute atomic E-state index is 8.77. The second kappa shape index (κ2) is 5.37. The molecular weight excluding hydrogens is 220 g/mol. The third-order valence-corrected chi connectivity index (χ3v) is 3.02. The van der Waals surface area contributed by atoms with Gasteiger partial charge in [-0.15, -0.1) is 0 Å². The molecule has 2 rings (SSSR count). The molecule has 0 fully saturated rings. The van der Waals surface area contributed by atoms with E-state index in [4.69, 9.17) is 5.26 Å². The van der Waals surface area contributed by atoms with Gasteiger partial charge in [-0.2, -0.15) is 5.26 Å². The van der Waals surface area contributed by atoms with E-state index in [2.05, 4.69) is 43.4 Å². The zero-order valence-corrected chi connectivity index (χ0v) is 10.7. The zero-order valence-electron chi connectivity index (χ0n) is 10.7. The first-order chi connectivity index (χ1) is 8.74. The average Bonchev–Trinajstić information content (AvgIpc) is 2.42. The Morgan fingerprint density at radius 3 is 2.44 bits per heavy atom. The third kappa shape index (κ3) is 2.52. The van der Waals surface area contributed by atoms with Crippen LogP contribution in [0, 0.1) is 18.3 Å². The topological polar surface area (TPSA) is 35.8 Å². The molecule has 2 aromatic rings. The molecule has 0 aliphatic carbocycles. The van der Waals surface area contributed by atoms with Crippen LogP contribution in [0.4, 0.5) is 11.4 Å². The molecule has 0 saturated carbocycles. The number of nitriles is 1. The Hall–Kier alpha value is -2.27. The van der Waals surface area contributed by atoms with Crippen LogP contribution in [0.3, 0.4) is 0 Å². The molecular formula is C16H16N2. The first kappa shape index (κ1) is 12.2. The molecule has 0 aliphatic heterocycles. The van der Waals surface area contributed by atoms with E-state index < -0.39 is 0 Å². The SMILES string of the molecule is CCc1cccc(C)c1Nc1ccc(C#N)cc1. The van der Waals surface area contributed by atoms with Crippen LogP contribution in [-0.2, 0) is 6.42 Å².